The number of carbonyl (C=O) groups is 2. The van der Waals surface area contributed by atoms with Crippen molar-refractivity contribution in [3.63, 3.8) is 0 Å². The van der Waals surface area contributed by atoms with Crippen LogP contribution in [0.4, 0.5) is 5.69 Å². The molecule has 1 heterocycles. The molecule has 7 nitrogen and oxygen atoms in total. The summed E-state index contributed by atoms with van der Waals surface area (Å²) in [6.07, 6.45) is 0. The van der Waals surface area contributed by atoms with Crippen LogP contribution in [0.5, 0.6) is 0 Å². The average molecular weight is 377 g/mol. The summed E-state index contributed by atoms with van der Waals surface area (Å²) in [7, 11) is 0. The minimum absolute atomic E-state index is 0.100. The van der Waals surface area contributed by atoms with Crippen LogP contribution in [0, 0.1) is 24.0 Å². The van der Waals surface area contributed by atoms with E-state index >= 15 is 0 Å². The van der Waals surface area contributed by atoms with Gasteiger partial charge >= 0.3 is 0 Å². The smallest absolute Gasteiger partial charge is 0.273 e. The first kappa shape index (κ1) is 19.0. The second-order valence-corrected chi connectivity index (χ2v) is 6.38. The van der Waals surface area contributed by atoms with Crippen molar-refractivity contribution in [3.8, 4) is 0 Å². The fourth-order valence-electron chi connectivity index (χ4n) is 3.00. The summed E-state index contributed by atoms with van der Waals surface area (Å²) in [5.41, 5.74) is 2.27. The first-order chi connectivity index (χ1) is 13.4. The number of hydrogen-bond acceptors (Lipinski definition) is 4. The molecule has 0 atom stereocenters. The molecule has 3 aromatic rings. The minimum Gasteiger partial charge on any atom is -0.292 e. The molecule has 0 saturated carbocycles. The number of rotatable bonds is 6. The molecule has 0 spiro atoms. The molecule has 0 aliphatic carbocycles. The highest BCUT2D eigenvalue weighted by Crippen LogP contribution is 2.16. The lowest BCUT2D eigenvalue weighted by Crippen LogP contribution is -2.45. The van der Waals surface area contributed by atoms with Crippen molar-refractivity contribution in [3.05, 3.63) is 99.4 Å². The zero-order valence-corrected chi connectivity index (χ0v) is 15.5. The van der Waals surface area contributed by atoms with Gasteiger partial charge in [-0.15, -0.1) is 0 Å². The predicted molar refractivity (Wildman–Crippen MR) is 105 cm³/mol. The summed E-state index contributed by atoms with van der Waals surface area (Å²) in [4.78, 5) is 36.3. The van der Waals surface area contributed by atoms with Gasteiger partial charge in [-0.3, -0.25) is 24.4 Å². The Bertz CT molecular complexity index is 1000. The molecule has 0 unspecified atom stereocenters. The zero-order valence-electron chi connectivity index (χ0n) is 15.5. The first-order valence-corrected chi connectivity index (χ1v) is 8.68. The molecule has 0 radical (unpaired) electrons. The number of ketones is 1. The van der Waals surface area contributed by atoms with Crippen LogP contribution >= 0.6 is 0 Å². The SMILES string of the molecule is Cc1ccc(C)n1N(CC(=O)c1ccccc1)C(=O)c1ccc([N+](=O)[O-])cc1. The van der Waals surface area contributed by atoms with Crippen molar-refractivity contribution < 1.29 is 14.5 Å². The van der Waals surface area contributed by atoms with E-state index in [0.29, 0.717) is 5.56 Å². The van der Waals surface area contributed by atoms with Crippen molar-refractivity contribution in [2.24, 2.45) is 0 Å². The molecular formula is C21H19N3O4. The third kappa shape index (κ3) is 3.83. The second-order valence-electron chi connectivity index (χ2n) is 6.38. The maximum absolute atomic E-state index is 13.2. The number of non-ortho nitro benzene ring substituents is 1. The van der Waals surface area contributed by atoms with E-state index in [0.717, 1.165) is 11.4 Å². The quantitative estimate of drug-likeness (QED) is 0.373. The number of hydrogen-bond donors (Lipinski definition) is 0. The number of aryl methyl sites for hydroxylation is 2. The fourth-order valence-corrected chi connectivity index (χ4v) is 3.00. The van der Waals surface area contributed by atoms with Crippen LogP contribution in [-0.4, -0.2) is 27.8 Å². The van der Waals surface area contributed by atoms with Crippen LogP contribution in [0.15, 0.2) is 66.7 Å². The van der Waals surface area contributed by atoms with E-state index in [4.69, 9.17) is 0 Å². The van der Waals surface area contributed by atoms with Crippen LogP contribution in [0.25, 0.3) is 0 Å². The van der Waals surface area contributed by atoms with Gasteiger partial charge in [0.25, 0.3) is 11.6 Å². The molecule has 1 amide bonds. The molecule has 0 aliphatic heterocycles. The normalized spacial score (nSPS) is 10.5. The Kier molecular flexibility index (Phi) is 5.35. The summed E-state index contributed by atoms with van der Waals surface area (Å²) in [5.74, 6) is -0.620. The molecule has 0 fully saturated rings. The third-order valence-corrected chi connectivity index (χ3v) is 4.42. The van der Waals surface area contributed by atoms with E-state index in [1.807, 2.05) is 32.0 Å². The number of nitrogens with zero attached hydrogens (tertiary/aromatic N) is 3. The summed E-state index contributed by atoms with van der Waals surface area (Å²) in [5, 5.41) is 12.2. The van der Waals surface area contributed by atoms with Crippen LogP contribution in [-0.2, 0) is 0 Å². The Balaban J connectivity index is 1.97. The lowest BCUT2D eigenvalue weighted by Gasteiger charge is -2.26. The van der Waals surface area contributed by atoms with E-state index in [9.17, 15) is 19.7 Å². The topological polar surface area (TPSA) is 85.5 Å². The van der Waals surface area contributed by atoms with Gasteiger partial charge in [-0.25, -0.2) is 5.01 Å². The van der Waals surface area contributed by atoms with E-state index in [2.05, 4.69) is 0 Å². The van der Waals surface area contributed by atoms with Gasteiger partial charge in [-0.2, -0.15) is 0 Å². The van der Waals surface area contributed by atoms with Crippen molar-refractivity contribution >= 4 is 17.4 Å². The van der Waals surface area contributed by atoms with Gasteiger partial charge in [0.15, 0.2) is 5.78 Å². The van der Waals surface area contributed by atoms with Gasteiger partial charge in [0.05, 0.1) is 4.92 Å². The standard InChI is InChI=1S/C21H19N3O4/c1-15-8-9-16(2)23(15)22(14-20(25)17-6-4-3-5-7-17)21(26)18-10-12-19(13-11-18)24(27)28/h3-13H,14H2,1-2H3. The van der Waals surface area contributed by atoms with Crippen LogP contribution in [0.3, 0.4) is 0 Å². The van der Waals surface area contributed by atoms with Crippen molar-refractivity contribution in [1.82, 2.24) is 4.68 Å². The third-order valence-electron chi connectivity index (χ3n) is 4.42. The highest BCUT2D eigenvalue weighted by Gasteiger charge is 2.24. The Morgan fingerprint density at radius 3 is 2.00 bits per heavy atom. The summed E-state index contributed by atoms with van der Waals surface area (Å²) in [6, 6.07) is 17.8. The Hall–Kier alpha value is -3.74. The highest BCUT2D eigenvalue weighted by atomic mass is 16.6. The number of amides is 1. The summed E-state index contributed by atoms with van der Waals surface area (Å²) in [6.45, 7) is 3.53. The van der Waals surface area contributed by atoms with Crippen molar-refractivity contribution in [2.45, 2.75) is 13.8 Å². The molecule has 7 heteroatoms. The van der Waals surface area contributed by atoms with Gasteiger partial charge in [-0.1, -0.05) is 30.3 Å². The monoisotopic (exact) mass is 377 g/mol. The van der Waals surface area contributed by atoms with Gasteiger partial charge in [-0.05, 0) is 38.1 Å². The molecule has 3 rings (SSSR count). The summed E-state index contributed by atoms with van der Waals surface area (Å²) >= 11 is 0. The van der Waals surface area contributed by atoms with Gasteiger partial charge in [0, 0.05) is 34.6 Å². The Morgan fingerprint density at radius 2 is 1.46 bits per heavy atom. The number of nitro benzene ring substituents is 1. The Labute approximate surface area is 161 Å². The number of aromatic nitrogens is 1. The van der Waals surface area contributed by atoms with Crippen molar-refractivity contribution in [2.75, 3.05) is 11.6 Å². The van der Waals surface area contributed by atoms with E-state index in [1.54, 1.807) is 28.9 Å². The van der Waals surface area contributed by atoms with Crippen LogP contribution in [0.2, 0.25) is 0 Å². The molecule has 1 aromatic heterocycles. The summed E-state index contributed by atoms with van der Waals surface area (Å²) < 4.78 is 1.69. The second kappa shape index (κ2) is 7.87. The van der Waals surface area contributed by atoms with E-state index in [-0.39, 0.29) is 23.6 Å². The molecule has 2 aromatic carbocycles. The molecule has 0 saturated heterocycles. The molecular weight excluding hydrogens is 358 g/mol. The lowest BCUT2D eigenvalue weighted by atomic mass is 10.1. The van der Waals surface area contributed by atoms with E-state index in [1.165, 1.54) is 29.3 Å². The molecule has 0 N–H and O–H groups in total. The molecule has 142 valence electrons. The molecule has 28 heavy (non-hydrogen) atoms. The number of benzene rings is 2. The Morgan fingerprint density at radius 1 is 0.893 bits per heavy atom. The first-order valence-electron chi connectivity index (χ1n) is 8.68. The van der Waals surface area contributed by atoms with E-state index < -0.39 is 10.8 Å². The fraction of sp³-hybridized carbons (Fsp3) is 0.143. The maximum atomic E-state index is 13.2. The van der Waals surface area contributed by atoms with Gasteiger partial charge in [0.1, 0.15) is 6.54 Å². The maximum Gasteiger partial charge on any atom is 0.273 e. The molecule has 0 bridgehead atoms. The van der Waals surface area contributed by atoms with Gasteiger partial charge in [0.2, 0.25) is 0 Å². The van der Waals surface area contributed by atoms with Crippen LogP contribution in [0.1, 0.15) is 32.1 Å². The molecule has 0 aliphatic rings. The van der Waals surface area contributed by atoms with Gasteiger partial charge < -0.3 is 0 Å². The lowest BCUT2D eigenvalue weighted by molar-refractivity contribution is -0.384. The highest BCUT2D eigenvalue weighted by molar-refractivity contribution is 6.07. The van der Waals surface area contributed by atoms with Crippen LogP contribution < -0.4 is 5.01 Å². The number of carbonyl (C=O) groups excluding carboxylic acids is 2. The average Bonchev–Trinajstić information content (AvgIpc) is 3.04. The predicted octanol–water partition coefficient (Wildman–Crippen LogP) is 3.67. The van der Waals surface area contributed by atoms with Crippen molar-refractivity contribution in [1.29, 1.82) is 0 Å². The number of Topliss-reactive ketones (excluding diaryl/α,β-unsaturated/α-hetero) is 1. The zero-order chi connectivity index (χ0) is 20.3. The number of nitro groups is 1. The largest absolute Gasteiger partial charge is 0.292 e. The minimum atomic E-state index is -0.523.